The molecule has 5 heteroatoms. The van der Waals surface area contributed by atoms with Crippen LogP contribution in [0.4, 0.5) is 0 Å². The van der Waals surface area contributed by atoms with E-state index in [2.05, 4.69) is 29.2 Å². The fourth-order valence-corrected chi connectivity index (χ4v) is 4.14. The topological polar surface area (TPSA) is 61.6 Å². The maximum atomic E-state index is 12.0. The molecule has 2 atom stereocenters. The SMILES string of the molecule is CN(C)C1CCN(C2CCC(NC3CC3)(C(N)=O)C2)CC1. The van der Waals surface area contributed by atoms with Gasteiger partial charge in [-0.1, -0.05) is 0 Å². The van der Waals surface area contributed by atoms with Gasteiger partial charge >= 0.3 is 0 Å². The molecule has 3 N–H and O–H groups in total. The Labute approximate surface area is 128 Å². The van der Waals surface area contributed by atoms with Crippen LogP contribution in [-0.4, -0.2) is 66.6 Å². The molecule has 0 aromatic carbocycles. The molecule has 1 amide bonds. The second kappa shape index (κ2) is 5.86. The highest BCUT2D eigenvalue weighted by molar-refractivity contribution is 5.85. The quantitative estimate of drug-likeness (QED) is 0.777. The average Bonchev–Trinajstić information content (AvgIpc) is 3.15. The number of nitrogens with zero attached hydrogens (tertiary/aromatic N) is 2. The lowest BCUT2D eigenvalue weighted by atomic mass is 9.95. The summed E-state index contributed by atoms with van der Waals surface area (Å²) in [6, 6.07) is 1.79. The van der Waals surface area contributed by atoms with E-state index in [4.69, 9.17) is 5.73 Å². The van der Waals surface area contributed by atoms with E-state index in [1.54, 1.807) is 0 Å². The van der Waals surface area contributed by atoms with Crippen LogP contribution >= 0.6 is 0 Å². The first-order valence-electron chi connectivity index (χ1n) is 8.48. The number of primary amides is 1. The number of nitrogens with one attached hydrogen (secondary N) is 1. The minimum Gasteiger partial charge on any atom is -0.368 e. The molecule has 3 rings (SSSR count). The van der Waals surface area contributed by atoms with Gasteiger partial charge in [-0.05, 0) is 72.1 Å². The lowest BCUT2D eigenvalue weighted by Gasteiger charge is -2.39. The maximum absolute atomic E-state index is 12.0. The molecular formula is C16H30N4O. The molecule has 5 nitrogen and oxygen atoms in total. The van der Waals surface area contributed by atoms with Crippen molar-refractivity contribution in [2.45, 2.75) is 68.6 Å². The minimum atomic E-state index is -0.426. The van der Waals surface area contributed by atoms with Crippen molar-refractivity contribution in [1.82, 2.24) is 15.1 Å². The standard InChI is InChI=1S/C16H30N4O/c1-19(2)13-6-9-20(10-7-13)14-5-8-16(11-14,15(17)21)18-12-3-4-12/h12-14,18H,3-11H2,1-2H3,(H2,17,21). The second-order valence-electron chi connectivity index (χ2n) is 7.49. The predicted octanol–water partition coefficient (Wildman–Crippen LogP) is 0.541. The summed E-state index contributed by atoms with van der Waals surface area (Å²) in [5.41, 5.74) is 5.31. The number of nitrogens with two attached hydrogens (primary N) is 1. The van der Waals surface area contributed by atoms with Crippen LogP contribution in [0, 0.1) is 0 Å². The molecule has 3 aliphatic rings. The number of rotatable bonds is 5. The molecule has 0 radical (unpaired) electrons. The predicted molar refractivity (Wildman–Crippen MR) is 84.0 cm³/mol. The van der Waals surface area contributed by atoms with Crippen molar-refractivity contribution in [2.24, 2.45) is 5.73 Å². The van der Waals surface area contributed by atoms with Crippen LogP contribution in [0.2, 0.25) is 0 Å². The fraction of sp³-hybridized carbons (Fsp3) is 0.938. The van der Waals surface area contributed by atoms with Crippen LogP contribution in [0.15, 0.2) is 0 Å². The highest BCUT2D eigenvalue weighted by Crippen LogP contribution is 2.37. The summed E-state index contributed by atoms with van der Waals surface area (Å²) >= 11 is 0. The summed E-state index contributed by atoms with van der Waals surface area (Å²) in [6.07, 6.45) is 7.81. The van der Waals surface area contributed by atoms with Gasteiger partial charge in [-0.15, -0.1) is 0 Å². The Bertz CT molecular complexity index is 388. The van der Waals surface area contributed by atoms with Crippen LogP contribution in [0.25, 0.3) is 0 Å². The molecule has 1 saturated heterocycles. The first-order valence-corrected chi connectivity index (χ1v) is 8.48. The number of carbonyl (C=O) groups excluding carboxylic acids is 1. The third-order valence-corrected chi connectivity index (χ3v) is 5.76. The van der Waals surface area contributed by atoms with Gasteiger partial charge in [-0.2, -0.15) is 0 Å². The first kappa shape index (κ1) is 15.3. The zero-order valence-electron chi connectivity index (χ0n) is 13.5. The number of piperidine rings is 1. The van der Waals surface area contributed by atoms with Gasteiger partial charge in [-0.25, -0.2) is 0 Å². The smallest absolute Gasteiger partial charge is 0.237 e. The molecule has 2 unspecified atom stereocenters. The summed E-state index contributed by atoms with van der Waals surface area (Å²) in [7, 11) is 4.35. The van der Waals surface area contributed by atoms with E-state index in [1.165, 1.54) is 25.7 Å². The largest absolute Gasteiger partial charge is 0.368 e. The van der Waals surface area contributed by atoms with E-state index in [-0.39, 0.29) is 5.91 Å². The van der Waals surface area contributed by atoms with Crippen molar-refractivity contribution in [3.63, 3.8) is 0 Å². The van der Waals surface area contributed by atoms with Gasteiger partial charge in [0, 0.05) is 18.1 Å². The van der Waals surface area contributed by atoms with E-state index in [9.17, 15) is 4.79 Å². The molecule has 3 fully saturated rings. The number of hydrogen-bond acceptors (Lipinski definition) is 4. The number of amides is 1. The van der Waals surface area contributed by atoms with Crippen LogP contribution in [0.1, 0.15) is 44.9 Å². The van der Waals surface area contributed by atoms with Crippen LogP contribution < -0.4 is 11.1 Å². The van der Waals surface area contributed by atoms with Gasteiger partial charge in [0.05, 0.1) is 5.54 Å². The Hall–Kier alpha value is -0.650. The Balaban J connectivity index is 1.57. The second-order valence-corrected chi connectivity index (χ2v) is 7.49. The van der Waals surface area contributed by atoms with E-state index in [0.29, 0.717) is 18.1 Å². The van der Waals surface area contributed by atoms with Crippen molar-refractivity contribution < 1.29 is 4.79 Å². The monoisotopic (exact) mass is 294 g/mol. The Morgan fingerprint density at radius 3 is 2.38 bits per heavy atom. The summed E-state index contributed by atoms with van der Waals surface area (Å²) in [5, 5.41) is 3.55. The molecule has 1 aliphatic heterocycles. The average molecular weight is 294 g/mol. The summed E-state index contributed by atoms with van der Waals surface area (Å²) in [6.45, 7) is 2.32. The Morgan fingerprint density at radius 2 is 1.86 bits per heavy atom. The van der Waals surface area contributed by atoms with E-state index in [0.717, 1.165) is 32.4 Å². The molecule has 120 valence electrons. The lowest BCUT2D eigenvalue weighted by Crippen LogP contribution is -2.56. The highest BCUT2D eigenvalue weighted by Gasteiger charge is 2.48. The number of likely N-dealkylation sites (tertiary alicyclic amines) is 1. The molecule has 0 bridgehead atoms. The molecule has 0 aromatic rings. The van der Waals surface area contributed by atoms with E-state index < -0.39 is 5.54 Å². The Kier molecular flexibility index (Phi) is 4.26. The van der Waals surface area contributed by atoms with Crippen LogP contribution in [0.3, 0.4) is 0 Å². The maximum Gasteiger partial charge on any atom is 0.237 e. The molecular weight excluding hydrogens is 264 g/mol. The highest BCUT2D eigenvalue weighted by atomic mass is 16.1. The molecule has 0 spiro atoms. The zero-order chi connectivity index (χ0) is 15.0. The molecule has 0 aromatic heterocycles. The summed E-state index contributed by atoms with van der Waals surface area (Å²) < 4.78 is 0. The number of hydrogen-bond donors (Lipinski definition) is 2. The van der Waals surface area contributed by atoms with Crippen LogP contribution in [-0.2, 0) is 4.79 Å². The van der Waals surface area contributed by atoms with E-state index >= 15 is 0 Å². The van der Waals surface area contributed by atoms with Crippen molar-refractivity contribution in [2.75, 3.05) is 27.2 Å². The molecule has 2 aliphatic carbocycles. The fourth-order valence-electron chi connectivity index (χ4n) is 4.14. The summed E-state index contributed by atoms with van der Waals surface area (Å²) in [5.74, 6) is -0.139. The number of carbonyl (C=O) groups is 1. The molecule has 21 heavy (non-hydrogen) atoms. The Morgan fingerprint density at radius 1 is 1.19 bits per heavy atom. The minimum absolute atomic E-state index is 0.139. The van der Waals surface area contributed by atoms with Gasteiger partial charge in [0.15, 0.2) is 0 Å². The van der Waals surface area contributed by atoms with Gasteiger partial charge in [0.25, 0.3) is 0 Å². The lowest BCUT2D eigenvalue weighted by molar-refractivity contribution is -0.124. The van der Waals surface area contributed by atoms with Crippen molar-refractivity contribution in [3.05, 3.63) is 0 Å². The third kappa shape index (κ3) is 3.25. The van der Waals surface area contributed by atoms with Gasteiger partial charge in [0.2, 0.25) is 5.91 Å². The van der Waals surface area contributed by atoms with Crippen LogP contribution in [0.5, 0.6) is 0 Å². The van der Waals surface area contributed by atoms with Gasteiger partial charge in [0.1, 0.15) is 0 Å². The molecule has 2 saturated carbocycles. The summed E-state index contributed by atoms with van der Waals surface area (Å²) in [4.78, 5) is 16.9. The van der Waals surface area contributed by atoms with Gasteiger partial charge < -0.3 is 20.9 Å². The van der Waals surface area contributed by atoms with E-state index in [1.807, 2.05) is 0 Å². The van der Waals surface area contributed by atoms with Crippen molar-refractivity contribution in [3.8, 4) is 0 Å². The van der Waals surface area contributed by atoms with Crippen molar-refractivity contribution in [1.29, 1.82) is 0 Å². The first-order chi connectivity index (χ1) is 10.00. The molecule has 1 heterocycles. The zero-order valence-corrected chi connectivity index (χ0v) is 13.5. The third-order valence-electron chi connectivity index (χ3n) is 5.76. The van der Waals surface area contributed by atoms with Crippen molar-refractivity contribution >= 4 is 5.91 Å². The normalized spacial score (nSPS) is 35.5. The van der Waals surface area contributed by atoms with Gasteiger partial charge in [-0.3, -0.25) is 4.79 Å².